The summed E-state index contributed by atoms with van der Waals surface area (Å²) in [6.45, 7) is 9.35. The van der Waals surface area contributed by atoms with Gasteiger partial charge in [0.2, 0.25) is 5.95 Å². The molecule has 1 aromatic heterocycles. The highest BCUT2D eigenvalue weighted by molar-refractivity contribution is 6.07. The predicted molar refractivity (Wildman–Crippen MR) is 177 cm³/mol. The van der Waals surface area contributed by atoms with Crippen molar-refractivity contribution in [1.82, 2.24) is 14.9 Å². The fraction of sp³-hybridized carbons (Fsp3) is 0.294. The second-order valence-electron chi connectivity index (χ2n) is 11.6. The Morgan fingerprint density at radius 1 is 0.957 bits per heavy atom. The number of anilines is 6. The molecule has 0 aliphatic carbocycles. The molecule has 2 N–H and O–H groups in total. The van der Waals surface area contributed by atoms with E-state index in [-0.39, 0.29) is 18.1 Å². The molecule has 2 aliphatic rings. The van der Waals surface area contributed by atoms with Crippen LogP contribution in [0.5, 0.6) is 0 Å². The third kappa shape index (κ3) is 6.85. The molecule has 0 radical (unpaired) electrons. The minimum Gasteiger partial charge on any atom is -0.369 e. The van der Waals surface area contributed by atoms with Crippen LogP contribution in [0, 0.1) is 6.92 Å². The van der Waals surface area contributed by atoms with Gasteiger partial charge in [-0.3, -0.25) is 14.6 Å². The Morgan fingerprint density at radius 3 is 2.38 bits per heavy atom. The van der Waals surface area contributed by atoms with Crippen molar-refractivity contribution in [2.24, 2.45) is 0 Å². The van der Waals surface area contributed by atoms with Crippen molar-refractivity contribution in [3.8, 4) is 0 Å². The number of piperazine rings is 1. The maximum atomic E-state index is 13.6. The van der Waals surface area contributed by atoms with E-state index in [1.54, 1.807) is 36.3 Å². The van der Waals surface area contributed by atoms with Crippen molar-refractivity contribution < 1.29 is 22.8 Å². The average molecular weight is 645 g/mol. The van der Waals surface area contributed by atoms with Crippen molar-refractivity contribution in [1.29, 1.82) is 0 Å². The zero-order valence-corrected chi connectivity index (χ0v) is 26.3. The van der Waals surface area contributed by atoms with E-state index in [4.69, 9.17) is 0 Å². The summed E-state index contributed by atoms with van der Waals surface area (Å²) >= 11 is 0. The van der Waals surface area contributed by atoms with E-state index in [1.165, 1.54) is 17.0 Å². The summed E-state index contributed by atoms with van der Waals surface area (Å²) in [6, 6.07) is 17.0. The second kappa shape index (κ2) is 12.9. The lowest BCUT2D eigenvalue weighted by Gasteiger charge is -2.35. The molecule has 3 aromatic carbocycles. The van der Waals surface area contributed by atoms with Crippen molar-refractivity contribution in [2.45, 2.75) is 26.6 Å². The molecule has 13 heteroatoms. The van der Waals surface area contributed by atoms with Gasteiger partial charge in [-0.15, -0.1) is 0 Å². The van der Waals surface area contributed by atoms with Crippen LogP contribution in [0.25, 0.3) is 0 Å². The Labute approximate surface area is 270 Å². The van der Waals surface area contributed by atoms with Crippen molar-refractivity contribution in [3.63, 3.8) is 0 Å². The van der Waals surface area contributed by atoms with Crippen LogP contribution in [0.2, 0.25) is 0 Å². The van der Waals surface area contributed by atoms with Crippen LogP contribution in [-0.4, -0.2) is 66.6 Å². The highest BCUT2D eigenvalue weighted by Gasteiger charge is 2.33. The minimum atomic E-state index is -4.57. The Bertz CT molecular complexity index is 1790. The molecule has 244 valence electrons. The van der Waals surface area contributed by atoms with Crippen LogP contribution < -0.4 is 25.3 Å². The number of halogens is 3. The van der Waals surface area contributed by atoms with Crippen LogP contribution in [-0.2, 0) is 12.7 Å². The standard InChI is InChI=1S/C34H35F3N8O2/c1-4-43-14-16-44(17-15-43)28-12-10-26(11-13-28)40-32-38-20-24-21-45(33(47)42(3)30(24)41-32)29-19-27(9-8-22(29)2)39-31(46)23-6-5-7-25(18-23)34(35,36)37/h5-13,18-20H,4,14-17,21H2,1-3H3,(H,39,46)(H,38,40,41). The number of aryl methyl sites for hydroxylation is 1. The van der Waals surface area contributed by atoms with Gasteiger partial charge in [0.1, 0.15) is 5.82 Å². The van der Waals surface area contributed by atoms with E-state index in [1.807, 2.05) is 19.1 Å². The summed E-state index contributed by atoms with van der Waals surface area (Å²) in [5, 5.41) is 5.89. The first-order valence-corrected chi connectivity index (χ1v) is 15.3. The number of carbonyl (C=O) groups is 2. The van der Waals surface area contributed by atoms with E-state index in [0.717, 1.165) is 67.4 Å². The number of carbonyl (C=O) groups excluding carboxylic acids is 2. The molecule has 0 atom stereocenters. The van der Waals surface area contributed by atoms with E-state index >= 15 is 0 Å². The smallest absolute Gasteiger partial charge is 0.369 e. The number of alkyl halides is 3. The molecule has 0 bridgehead atoms. The van der Waals surface area contributed by atoms with Crippen molar-refractivity contribution in [2.75, 3.05) is 65.1 Å². The molecule has 0 spiro atoms. The first kappa shape index (κ1) is 31.8. The van der Waals surface area contributed by atoms with Crippen LogP contribution in [0.1, 0.15) is 34.0 Å². The fourth-order valence-corrected chi connectivity index (χ4v) is 5.78. The van der Waals surface area contributed by atoms with Gasteiger partial charge in [0, 0.05) is 67.6 Å². The van der Waals surface area contributed by atoms with E-state index in [0.29, 0.717) is 23.1 Å². The normalized spacial score (nSPS) is 15.4. The molecule has 3 amide bonds. The maximum Gasteiger partial charge on any atom is 0.416 e. The number of likely N-dealkylation sites (N-methyl/N-ethyl adjacent to an activating group) is 1. The van der Waals surface area contributed by atoms with E-state index in [9.17, 15) is 22.8 Å². The molecule has 3 heterocycles. The summed E-state index contributed by atoms with van der Waals surface area (Å²) in [4.78, 5) is 43.4. The predicted octanol–water partition coefficient (Wildman–Crippen LogP) is 6.52. The molecule has 2 aliphatic heterocycles. The Kier molecular flexibility index (Phi) is 8.74. The third-order valence-electron chi connectivity index (χ3n) is 8.52. The maximum absolute atomic E-state index is 13.6. The first-order valence-electron chi connectivity index (χ1n) is 15.3. The Morgan fingerprint density at radius 2 is 1.68 bits per heavy atom. The quantitative estimate of drug-likeness (QED) is 0.237. The molecule has 4 aromatic rings. The Balaban J connectivity index is 1.15. The summed E-state index contributed by atoms with van der Waals surface area (Å²) in [5.41, 5.74) is 3.30. The van der Waals surface area contributed by atoms with E-state index < -0.39 is 17.6 Å². The minimum absolute atomic E-state index is 0.132. The fourth-order valence-electron chi connectivity index (χ4n) is 5.78. The highest BCUT2D eigenvalue weighted by Crippen LogP contribution is 2.34. The number of nitrogens with zero attached hydrogens (tertiary/aromatic N) is 6. The van der Waals surface area contributed by atoms with Crippen LogP contribution in [0.15, 0.2) is 72.9 Å². The van der Waals surface area contributed by atoms with Crippen LogP contribution in [0.3, 0.4) is 0 Å². The lowest BCUT2D eigenvalue weighted by atomic mass is 10.1. The largest absolute Gasteiger partial charge is 0.416 e. The van der Waals surface area contributed by atoms with Gasteiger partial charge in [-0.25, -0.2) is 9.78 Å². The third-order valence-corrected chi connectivity index (χ3v) is 8.52. The number of hydrogen-bond acceptors (Lipinski definition) is 7. The van der Waals surface area contributed by atoms with Gasteiger partial charge in [-0.2, -0.15) is 18.2 Å². The summed E-state index contributed by atoms with van der Waals surface area (Å²) in [5.74, 6) is 0.133. The van der Waals surface area contributed by atoms with Crippen molar-refractivity contribution >= 4 is 46.5 Å². The highest BCUT2D eigenvalue weighted by atomic mass is 19.4. The van der Waals surface area contributed by atoms with E-state index in [2.05, 4.69) is 49.5 Å². The lowest BCUT2D eigenvalue weighted by Crippen LogP contribution is -2.46. The van der Waals surface area contributed by atoms with Crippen molar-refractivity contribution in [3.05, 3.63) is 95.2 Å². The van der Waals surface area contributed by atoms with Gasteiger partial charge in [-0.1, -0.05) is 19.1 Å². The summed E-state index contributed by atoms with van der Waals surface area (Å²) in [7, 11) is 1.63. The van der Waals surface area contributed by atoms with Gasteiger partial charge in [0.15, 0.2) is 0 Å². The molecular formula is C34H35F3N8O2. The molecule has 0 unspecified atom stereocenters. The van der Waals surface area contributed by atoms with Gasteiger partial charge in [-0.05, 0) is 73.6 Å². The number of hydrogen-bond donors (Lipinski definition) is 2. The lowest BCUT2D eigenvalue weighted by molar-refractivity contribution is -0.137. The second-order valence-corrected chi connectivity index (χ2v) is 11.6. The zero-order chi connectivity index (χ0) is 33.3. The number of amides is 3. The van der Waals surface area contributed by atoms with Crippen LogP contribution >= 0.6 is 0 Å². The van der Waals surface area contributed by atoms with Gasteiger partial charge in [0.05, 0.1) is 17.8 Å². The van der Waals surface area contributed by atoms with Crippen LogP contribution in [0.4, 0.5) is 52.5 Å². The molecule has 10 nitrogen and oxygen atoms in total. The van der Waals surface area contributed by atoms with Gasteiger partial charge in [0.25, 0.3) is 5.91 Å². The SMILES string of the molecule is CCN1CCN(c2ccc(Nc3ncc4c(n3)N(C)C(=O)N(c3cc(NC(=O)c5cccc(C(F)(F)F)c5)ccc3C)C4)cc2)CC1. The summed E-state index contributed by atoms with van der Waals surface area (Å²) < 4.78 is 39.5. The average Bonchev–Trinajstić information content (AvgIpc) is 3.07. The summed E-state index contributed by atoms with van der Waals surface area (Å²) in [6.07, 6.45) is -2.89. The molecule has 1 fully saturated rings. The molecule has 6 rings (SSSR count). The zero-order valence-electron chi connectivity index (χ0n) is 26.3. The molecule has 0 saturated carbocycles. The number of rotatable bonds is 7. The van der Waals surface area contributed by atoms with Gasteiger partial charge < -0.3 is 20.4 Å². The molecule has 47 heavy (non-hydrogen) atoms. The molecule has 1 saturated heterocycles. The number of fused-ring (bicyclic) bond motifs is 1. The number of urea groups is 1. The number of aromatic nitrogens is 2. The monoisotopic (exact) mass is 644 g/mol. The topological polar surface area (TPSA) is 96.9 Å². The number of benzene rings is 3. The molecular weight excluding hydrogens is 609 g/mol. The first-order chi connectivity index (χ1) is 22.5. The number of nitrogens with one attached hydrogen (secondary N) is 2. The van der Waals surface area contributed by atoms with Gasteiger partial charge >= 0.3 is 12.2 Å². The Hall–Kier alpha value is -5.17.